The topological polar surface area (TPSA) is 63.2 Å². The van der Waals surface area contributed by atoms with Gasteiger partial charge in [0, 0.05) is 40.8 Å². The number of carbonyl (C=O) groups excluding carboxylic acids is 2. The summed E-state index contributed by atoms with van der Waals surface area (Å²) in [6.07, 6.45) is 1.89. The Morgan fingerprint density at radius 1 is 1.09 bits per heavy atom. The van der Waals surface area contributed by atoms with Gasteiger partial charge in [0.2, 0.25) is 11.0 Å². The van der Waals surface area contributed by atoms with E-state index in [2.05, 4.69) is 10.2 Å². The zero-order valence-electron chi connectivity index (χ0n) is 17.5. The van der Waals surface area contributed by atoms with Crippen molar-refractivity contribution < 1.29 is 14.0 Å². The summed E-state index contributed by atoms with van der Waals surface area (Å²) in [4.78, 5) is 27.8. The van der Waals surface area contributed by atoms with E-state index in [1.807, 2.05) is 24.3 Å². The van der Waals surface area contributed by atoms with E-state index in [1.165, 1.54) is 35.2 Å². The fourth-order valence-corrected chi connectivity index (χ4v) is 6.47. The number of ketones is 1. The fourth-order valence-electron chi connectivity index (χ4n) is 4.30. The summed E-state index contributed by atoms with van der Waals surface area (Å²) < 4.78 is 14.2. The van der Waals surface area contributed by atoms with Gasteiger partial charge in [-0.2, -0.15) is 0 Å². The van der Waals surface area contributed by atoms with E-state index < -0.39 is 0 Å². The average molecular weight is 500 g/mol. The molecular formula is C24H19ClFN3O2S2. The lowest BCUT2D eigenvalue weighted by atomic mass is 9.77. The molecule has 1 unspecified atom stereocenters. The highest BCUT2D eigenvalue weighted by Gasteiger charge is 2.40. The summed E-state index contributed by atoms with van der Waals surface area (Å²) in [5.74, 6) is -0.152. The van der Waals surface area contributed by atoms with Gasteiger partial charge in [0.1, 0.15) is 5.82 Å². The lowest BCUT2D eigenvalue weighted by molar-refractivity contribution is -0.119. The number of hydrogen-bond donors (Lipinski definition) is 0. The summed E-state index contributed by atoms with van der Waals surface area (Å²) in [6.45, 7) is 0. The molecule has 0 bridgehead atoms. The second kappa shape index (κ2) is 9.37. The summed E-state index contributed by atoms with van der Waals surface area (Å²) in [5.41, 5.74) is 3.13. The number of Topliss-reactive ketones (excluding diaryl/α,β-unsaturated/α-hetero) is 1. The molecule has 1 aliphatic carbocycles. The average Bonchev–Trinajstić information content (AvgIpc) is 3.27. The highest BCUT2D eigenvalue weighted by Crippen LogP contribution is 2.44. The maximum absolute atomic E-state index is 13.4. The molecular weight excluding hydrogens is 481 g/mol. The predicted molar refractivity (Wildman–Crippen MR) is 128 cm³/mol. The minimum Gasteiger partial charge on any atom is -0.294 e. The monoisotopic (exact) mass is 499 g/mol. The third kappa shape index (κ3) is 4.47. The van der Waals surface area contributed by atoms with Crippen LogP contribution >= 0.6 is 34.7 Å². The first kappa shape index (κ1) is 22.3. The third-order valence-electron chi connectivity index (χ3n) is 5.84. The van der Waals surface area contributed by atoms with Gasteiger partial charge in [0.15, 0.2) is 10.1 Å². The molecule has 9 heteroatoms. The molecule has 1 aliphatic heterocycles. The van der Waals surface area contributed by atoms with Gasteiger partial charge in [0.05, 0.1) is 0 Å². The van der Waals surface area contributed by atoms with Crippen LogP contribution in [-0.2, 0) is 15.3 Å². The Hall–Kier alpha value is -2.55. The van der Waals surface area contributed by atoms with Crippen molar-refractivity contribution in [2.75, 3.05) is 4.90 Å². The summed E-state index contributed by atoms with van der Waals surface area (Å²) in [7, 11) is 0. The number of thioether (sulfide) groups is 1. The number of nitrogens with zero attached hydrogens (tertiary/aromatic N) is 3. The molecule has 0 N–H and O–H groups in total. The summed E-state index contributed by atoms with van der Waals surface area (Å²) in [6, 6.07) is 13.7. The van der Waals surface area contributed by atoms with Crippen molar-refractivity contribution >= 4 is 51.5 Å². The minimum atomic E-state index is -0.362. The number of halogens is 2. The molecule has 1 amide bonds. The quantitative estimate of drug-likeness (QED) is 0.311. The van der Waals surface area contributed by atoms with Crippen LogP contribution < -0.4 is 4.90 Å². The van der Waals surface area contributed by atoms with E-state index in [9.17, 15) is 14.0 Å². The number of carbonyl (C=O) groups is 2. The van der Waals surface area contributed by atoms with Crippen LogP contribution in [0.1, 0.15) is 42.7 Å². The number of anilines is 1. The molecule has 0 saturated heterocycles. The first-order valence-corrected chi connectivity index (χ1v) is 12.7. The highest BCUT2D eigenvalue weighted by molar-refractivity contribution is 8.00. The van der Waals surface area contributed by atoms with E-state index in [1.54, 1.807) is 17.0 Å². The predicted octanol–water partition coefficient (Wildman–Crippen LogP) is 6.15. The SMILES string of the molecule is O=C1CCCC2=C1C(c1ccc(F)cc1)CC(=O)N2c1nnc(SCc2ccccc2Cl)s1. The fraction of sp³-hybridized carbons (Fsp3) is 0.250. The van der Waals surface area contributed by atoms with E-state index >= 15 is 0 Å². The molecule has 33 heavy (non-hydrogen) atoms. The second-order valence-corrected chi connectivity index (χ2v) is 10.5. The zero-order valence-corrected chi connectivity index (χ0v) is 19.9. The molecule has 5 rings (SSSR count). The summed E-state index contributed by atoms with van der Waals surface area (Å²) in [5, 5.41) is 9.71. The first-order chi connectivity index (χ1) is 16.0. The molecule has 0 spiro atoms. The zero-order chi connectivity index (χ0) is 22.9. The van der Waals surface area contributed by atoms with Gasteiger partial charge in [-0.05, 0) is 42.2 Å². The van der Waals surface area contributed by atoms with Crippen molar-refractivity contribution in [3.8, 4) is 0 Å². The molecule has 1 aromatic heterocycles. The Bertz CT molecular complexity index is 1260. The van der Waals surface area contributed by atoms with Gasteiger partial charge in [-0.15, -0.1) is 10.2 Å². The van der Waals surface area contributed by atoms with E-state index in [-0.39, 0.29) is 29.8 Å². The van der Waals surface area contributed by atoms with Gasteiger partial charge in [0.25, 0.3) is 0 Å². The smallest absolute Gasteiger partial charge is 0.234 e. The van der Waals surface area contributed by atoms with Crippen LogP contribution in [-0.4, -0.2) is 21.9 Å². The molecule has 1 atom stereocenters. The molecule has 2 aliphatic rings. The molecule has 2 heterocycles. The third-order valence-corrected chi connectivity index (χ3v) is 8.30. The first-order valence-electron chi connectivity index (χ1n) is 10.6. The normalized spacial score (nSPS) is 18.6. The molecule has 5 nitrogen and oxygen atoms in total. The lowest BCUT2D eigenvalue weighted by Gasteiger charge is -2.36. The lowest BCUT2D eigenvalue weighted by Crippen LogP contribution is -2.40. The maximum Gasteiger partial charge on any atom is 0.234 e. The molecule has 168 valence electrons. The van der Waals surface area contributed by atoms with Crippen molar-refractivity contribution in [1.29, 1.82) is 0 Å². The highest BCUT2D eigenvalue weighted by atomic mass is 35.5. The van der Waals surface area contributed by atoms with Gasteiger partial charge in [-0.3, -0.25) is 14.5 Å². The Morgan fingerprint density at radius 3 is 2.67 bits per heavy atom. The maximum atomic E-state index is 13.4. The van der Waals surface area contributed by atoms with Gasteiger partial charge in [-0.25, -0.2) is 4.39 Å². The Labute approximate surface area is 203 Å². The molecule has 3 aromatic rings. The molecule has 2 aromatic carbocycles. The Morgan fingerprint density at radius 2 is 1.88 bits per heavy atom. The van der Waals surface area contributed by atoms with E-state index in [4.69, 9.17) is 11.6 Å². The van der Waals surface area contributed by atoms with Crippen LogP contribution in [0.5, 0.6) is 0 Å². The number of allylic oxidation sites excluding steroid dienone is 2. The Kier molecular flexibility index (Phi) is 6.32. The minimum absolute atomic E-state index is 0.0425. The van der Waals surface area contributed by atoms with E-state index in [0.29, 0.717) is 46.4 Å². The van der Waals surface area contributed by atoms with Crippen molar-refractivity contribution in [2.45, 2.75) is 41.7 Å². The van der Waals surface area contributed by atoms with Crippen molar-refractivity contribution in [1.82, 2.24) is 10.2 Å². The van der Waals surface area contributed by atoms with Crippen LogP contribution in [0, 0.1) is 5.82 Å². The van der Waals surface area contributed by atoms with Crippen LogP contribution in [0.4, 0.5) is 9.52 Å². The van der Waals surface area contributed by atoms with E-state index in [0.717, 1.165) is 15.5 Å². The molecule has 0 saturated carbocycles. The standard InChI is InChI=1S/C24H19ClFN3O2S2/c25-18-5-2-1-4-15(18)13-32-24-28-27-23(33-24)29-19-6-3-7-20(30)22(19)17(12-21(29)31)14-8-10-16(26)11-9-14/h1-2,4-5,8-11,17H,3,6-7,12-13H2. The van der Waals surface area contributed by atoms with Crippen LogP contribution in [0.2, 0.25) is 5.02 Å². The van der Waals surface area contributed by atoms with Crippen molar-refractivity contribution in [3.05, 3.63) is 81.8 Å². The van der Waals surface area contributed by atoms with Crippen LogP contribution in [0.3, 0.4) is 0 Å². The number of hydrogen-bond acceptors (Lipinski definition) is 6. The van der Waals surface area contributed by atoms with Gasteiger partial charge >= 0.3 is 0 Å². The van der Waals surface area contributed by atoms with Crippen molar-refractivity contribution in [2.24, 2.45) is 0 Å². The van der Waals surface area contributed by atoms with Crippen LogP contribution in [0.15, 0.2) is 64.1 Å². The Balaban J connectivity index is 1.45. The van der Waals surface area contributed by atoms with Crippen LogP contribution in [0.25, 0.3) is 0 Å². The number of aromatic nitrogens is 2. The van der Waals surface area contributed by atoms with Gasteiger partial charge in [-0.1, -0.05) is 65.0 Å². The van der Waals surface area contributed by atoms with Crippen molar-refractivity contribution in [3.63, 3.8) is 0 Å². The second-order valence-electron chi connectivity index (χ2n) is 7.91. The molecule has 0 fully saturated rings. The largest absolute Gasteiger partial charge is 0.294 e. The van der Waals surface area contributed by atoms with Gasteiger partial charge < -0.3 is 0 Å². The molecule has 0 radical (unpaired) electrons. The number of amides is 1. The summed E-state index contributed by atoms with van der Waals surface area (Å²) >= 11 is 9.08. The number of benzene rings is 2. The number of rotatable bonds is 5.